The van der Waals surface area contributed by atoms with Crippen LogP contribution in [-0.4, -0.2) is 41.6 Å². The van der Waals surface area contributed by atoms with Crippen LogP contribution in [0.1, 0.15) is 28.9 Å². The molecular formula is C13H15NO4. The molecule has 1 unspecified atom stereocenters. The van der Waals surface area contributed by atoms with Gasteiger partial charge in [0.2, 0.25) is 0 Å². The Kier molecular flexibility index (Phi) is 3.62. The normalized spacial score (nSPS) is 19.6. The molecule has 5 nitrogen and oxygen atoms in total. The highest BCUT2D eigenvalue weighted by Gasteiger charge is 2.24. The summed E-state index contributed by atoms with van der Waals surface area (Å²) >= 11 is 0. The number of hydrogen-bond acceptors (Lipinski definition) is 3. The second-order valence-corrected chi connectivity index (χ2v) is 4.27. The van der Waals surface area contributed by atoms with Gasteiger partial charge >= 0.3 is 6.09 Å². The first kappa shape index (κ1) is 12.6. The average molecular weight is 249 g/mol. The Balaban J connectivity index is 2.11. The van der Waals surface area contributed by atoms with E-state index in [0.29, 0.717) is 25.3 Å². The molecule has 18 heavy (non-hydrogen) atoms. The molecule has 1 aromatic carbocycles. The molecule has 1 fully saturated rings. The van der Waals surface area contributed by atoms with E-state index in [4.69, 9.17) is 9.84 Å². The van der Waals surface area contributed by atoms with Crippen LogP contribution < -0.4 is 0 Å². The third kappa shape index (κ3) is 2.68. The lowest BCUT2D eigenvalue weighted by molar-refractivity contribution is -0.0232. The first-order valence-electron chi connectivity index (χ1n) is 5.78. The molecular weight excluding hydrogens is 234 g/mol. The van der Waals surface area contributed by atoms with Crippen molar-refractivity contribution in [3.05, 3.63) is 35.4 Å². The van der Waals surface area contributed by atoms with Crippen LogP contribution in [0.2, 0.25) is 0 Å². The number of carboxylic acid groups (broad SMARTS) is 1. The molecule has 0 radical (unpaired) electrons. The highest BCUT2D eigenvalue weighted by Crippen LogP contribution is 2.22. The molecule has 2 rings (SSSR count). The molecule has 1 amide bonds. The maximum Gasteiger partial charge on any atom is 0.407 e. The smallest absolute Gasteiger partial charge is 0.407 e. The van der Waals surface area contributed by atoms with E-state index in [2.05, 4.69) is 0 Å². The number of ketones is 1. The van der Waals surface area contributed by atoms with Crippen molar-refractivity contribution in [3.8, 4) is 0 Å². The molecule has 0 aliphatic carbocycles. The van der Waals surface area contributed by atoms with Crippen LogP contribution in [-0.2, 0) is 4.74 Å². The van der Waals surface area contributed by atoms with Crippen molar-refractivity contribution in [2.24, 2.45) is 0 Å². The molecule has 1 N–H and O–H groups in total. The van der Waals surface area contributed by atoms with E-state index in [1.165, 1.54) is 11.8 Å². The van der Waals surface area contributed by atoms with E-state index in [1.54, 1.807) is 12.1 Å². The quantitative estimate of drug-likeness (QED) is 0.813. The molecule has 1 aliphatic rings. The summed E-state index contributed by atoms with van der Waals surface area (Å²) in [5.74, 6) is 0.0123. The van der Waals surface area contributed by atoms with Gasteiger partial charge in [-0.25, -0.2) is 4.79 Å². The number of hydrogen-bond donors (Lipinski definition) is 1. The first-order valence-corrected chi connectivity index (χ1v) is 5.78. The molecule has 1 aromatic rings. The van der Waals surface area contributed by atoms with Gasteiger partial charge in [-0.05, 0) is 12.5 Å². The fourth-order valence-corrected chi connectivity index (χ4v) is 1.96. The van der Waals surface area contributed by atoms with Crippen molar-refractivity contribution in [2.75, 3.05) is 19.7 Å². The zero-order valence-corrected chi connectivity index (χ0v) is 10.1. The van der Waals surface area contributed by atoms with Crippen LogP contribution in [0.15, 0.2) is 24.3 Å². The van der Waals surface area contributed by atoms with E-state index < -0.39 is 6.09 Å². The van der Waals surface area contributed by atoms with Crippen molar-refractivity contribution in [3.63, 3.8) is 0 Å². The summed E-state index contributed by atoms with van der Waals surface area (Å²) in [7, 11) is 0. The number of ether oxygens (including phenoxy) is 1. The van der Waals surface area contributed by atoms with Crippen molar-refractivity contribution < 1.29 is 19.4 Å². The Morgan fingerprint density at radius 1 is 1.33 bits per heavy atom. The zero-order chi connectivity index (χ0) is 13.1. The standard InChI is InChI=1S/C13H15NO4/c1-9(15)10-2-4-11(5-3-10)12-8-14(13(16)17)6-7-18-12/h2-5,12H,6-8H2,1H3,(H,16,17). The second kappa shape index (κ2) is 5.18. The summed E-state index contributed by atoms with van der Waals surface area (Å²) in [6.45, 7) is 2.63. The molecule has 0 aromatic heterocycles. The molecule has 96 valence electrons. The largest absolute Gasteiger partial charge is 0.465 e. The summed E-state index contributed by atoms with van der Waals surface area (Å²) in [5, 5.41) is 8.95. The molecule has 1 saturated heterocycles. The van der Waals surface area contributed by atoms with Gasteiger partial charge in [0, 0.05) is 12.1 Å². The Bertz CT molecular complexity index is 455. The van der Waals surface area contributed by atoms with Crippen molar-refractivity contribution in [1.29, 1.82) is 0 Å². The fourth-order valence-electron chi connectivity index (χ4n) is 1.96. The predicted octanol–water partition coefficient (Wildman–Crippen LogP) is 1.94. The predicted molar refractivity (Wildman–Crippen MR) is 64.7 cm³/mol. The number of amides is 1. The van der Waals surface area contributed by atoms with Crippen molar-refractivity contribution in [2.45, 2.75) is 13.0 Å². The third-order valence-corrected chi connectivity index (χ3v) is 3.03. The summed E-state index contributed by atoms with van der Waals surface area (Å²) < 4.78 is 5.55. The minimum Gasteiger partial charge on any atom is -0.465 e. The Morgan fingerprint density at radius 3 is 2.56 bits per heavy atom. The lowest BCUT2D eigenvalue weighted by atomic mass is 10.0. The summed E-state index contributed by atoms with van der Waals surface area (Å²) in [6.07, 6.45) is -1.18. The number of carbonyl (C=O) groups excluding carboxylic acids is 1. The summed E-state index contributed by atoms with van der Waals surface area (Å²) in [5.41, 5.74) is 1.54. The lowest BCUT2D eigenvalue weighted by Crippen LogP contribution is -2.41. The number of nitrogens with zero attached hydrogens (tertiary/aromatic N) is 1. The molecule has 5 heteroatoms. The van der Waals surface area contributed by atoms with Crippen LogP contribution in [0.4, 0.5) is 4.79 Å². The molecule has 0 saturated carbocycles. The number of carbonyl (C=O) groups is 2. The molecule has 0 spiro atoms. The van der Waals surface area contributed by atoms with Crippen LogP contribution in [0.3, 0.4) is 0 Å². The molecule has 1 atom stereocenters. The van der Waals surface area contributed by atoms with Crippen LogP contribution >= 0.6 is 0 Å². The van der Waals surface area contributed by atoms with Gasteiger partial charge in [-0.1, -0.05) is 24.3 Å². The van der Waals surface area contributed by atoms with E-state index in [-0.39, 0.29) is 11.9 Å². The van der Waals surface area contributed by atoms with E-state index in [9.17, 15) is 9.59 Å². The minimum atomic E-state index is -0.927. The molecule has 0 bridgehead atoms. The van der Waals surface area contributed by atoms with Gasteiger partial charge in [0.25, 0.3) is 0 Å². The Hall–Kier alpha value is -1.88. The number of benzene rings is 1. The fraction of sp³-hybridized carbons (Fsp3) is 0.385. The van der Waals surface area contributed by atoms with Gasteiger partial charge < -0.3 is 14.7 Å². The number of morpholine rings is 1. The SMILES string of the molecule is CC(=O)c1ccc(C2CN(C(=O)O)CCO2)cc1. The summed E-state index contributed by atoms with van der Waals surface area (Å²) in [4.78, 5) is 23.4. The Morgan fingerprint density at radius 2 is 2.00 bits per heavy atom. The van der Waals surface area contributed by atoms with Crippen molar-refractivity contribution in [1.82, 2.24) is 4.90 Å². The monoisotopic (exact) mass is 249 g/mol. The van der Waals surface area contributed by atoms with Gasteiger partial charge in [0.15, 0.2) is 5.78 Å². The minimum absolute atomic E-state index is 0.0123. The van der Waals surface area contributed by atoms with Gasteiger partial charge in [0.1, 0.15) is 6.10 Å². The highest BCUT2D eigenvalue weighted by molar-refractivity contribution is 5.94. The van der Waals surface area contributed by atoms with E-state index in [1.807, 2.05) is 12.1 Å². The van der Waals surface area contributed by atoms with E-state index in [0.717, 1.165) is 5.56 Å². The van der Waals surface area contributed by atoms with Gasteiger partial charge in [-0.2, -0.15) is 0 Å². The summed E-state index contributed by atoms with van der Waals surface area (Å²) in [6, 6.07) is 7.10. The third-order valence-electron chi connectivity index (χ3n) is 3.03. The van der Waals surface area contributed by atoms with Gasteiger partial charge in [-0.3, -0.25) is 4.79 Å². The topological polar surface area (TPSA) is 66.8 Å². The highest BCUT2D eigenvalue weighted by atomic mass is 16.5. The molecule has 1 aliphatic heterocycles. The number of Topliss-reactive ketones (excluding diaryl/α,β-unsaturated/α-hetero) is 1. The second-order valence-electron chi connectivity index (χ2n) is 4.27. The maximum atomic E-state index is 11.2. The van der Waals surface area contributed by atoms with Gasteiger partial charge in [-0.15, -0.1) is 0 Å². The van der Waals surface area contributed by atoms with Crippen LogP contribution in [0.25, 0.3) is 0 Å². The zero-order valence-electron chi connectivity index (χ0n) is 10.1. The lowest BCUT2D eigenvalue weighted by Gasteiger charge is -2.31. The van der Waals surface area contributed by atoms with Crippen molar-refractivity contribution >= 4 is 11.9 Å². The average Bonchev–Trinajstić information content (AvgIpc) is 2.39. The van der Waals surface area contributed by atoms with Crippen LogP contribution in [0, 0.1) is 0 Å². The maximum absolute atomic E-state index is 11.2. The first-order chi connectivity index (χ1) is 8.58. The Labute approximate surface area is 105 Å². The molecule has 1 heterocycles. The van der Waals surface area contributed by atoms with E-state index >= 15 is 0 Å². The number of rotatable bonds is 2. The van der Waals surface area contributed by atoms with Crippen LogP contribution in [0.5, 0.6) is 0 Å². The van der Waals surface area contributed by atoms with Gasteiger partial charge in [0.05, 0.1) is 13.2 Å².